The van der Waals surface area contributed by atoms with Crippen molar-refractivity contribution >= 4 is 41.3 Å². The van der Waals surface area contributed by atoms with E-state index in [0.717, 1.165) is 0 Å². The van der Waals surface area contributed by atoms with Crippen molar-refractivity contribution in [1.82, 2.24) is 0 Å². The van der Waals surface area contributed by atoms with Crippen molar-refractivity contribution in [2.45, 2.75) is 13.8 Å². The fourth-order valence-electron chi connectivity index (χ4n) is 5.02. The van der Waals surface area contributed by atoms with Gasteiger partial charge in [0.05, 0.1) is 0 Å². The maximum atomic E-state index is 4.93. The Morgan fingerprint density at radius 3 is 1.28 bits per heavy atom. The predicted octanol–water partition coefficient (Wildman–Crippen LogP) is 4.23. The molecular weight excluding hydrogens is 510 g/mol. The number of hydrogen-bond donors (Lipinski definition) is 0. The van der Waals surface area contributed by atoms with Crippen molar-refractivity contribution in [3.05, 3.63) is 131 Å². The summed E-state index contributed by atoms with van der Waals surface area (Å²) < 4.78 is 0. The van der Waals surface area contributed by atoms with Gasteiger partial charge in [0, 0.05) is 23.7 Å². The van der Waals surface area contributed by atoms with E-state index in [1.54, 1.807) is 0 Å². The fourth-order valence-corrected chi connectivity index (χ4v) is 5.02. The first kappa shape index (κ1) is 23.1. The molecule has 32 heavy (non-hydrogen) atoms. The molecule has 2 aromatic carbocycles. The summed E-state index contributed by atoms with van der Waals surface area (Å²) >= 11 is -0.826. The molecule has 6 rings (SSSR count). The number of benzene rings is 2. The van der Waals surface area contributed by atoms with Gasteiger partial charge in [0.25, 0.3) is 0 Å². The summed E-state index contributed by atoms with van der Waals surface area (Å²) in [5.74, 6) is 8.19. The number of rotatable bonds is 2. The summed E-state index contributed by atoms with van der Waals surface area (Å²) in [4.78, 5) is 0. The van der Waals surface area contributed by atoms with Gasteiger partial charge in [-0.2, -0.15) is 0 Å². The molecule has 4 aliphatic carbocycles. The molecule has 4 aliphatic rings. The molecule has 2 saturated carbocycles. The molecule has 3 heteroatoms. The van der Waals surface area contributed by atoms with Crippen LogP contribution in [0.4, 0.5) is 0 Å². The molecule has 0 amide bonds. The van der Waals surface area contributed by atoms with Gasteiger partial charge in [-0.3, -0.25) is 0 Å². The second-order valence-electron chi connectivity index (χ2n) is 8.76. The Bertz CT molecular complexity index is 1120. The van der Waals surface area contributed by atoms with Crippen LogP contribution in [-0.4, -0.2) is 0 Å². The van der Waals surface area contributed by atoms with Crippen LogP contribution >= 0.6 is 17.0 Å². The van der Waals surface area contributed by atoms with Gasteiger partial charge in [-0.1, -0.05) is 86.7 Å². The third-order valence-electron chi connectivity index (χ3n) is 6.62. The summed E-state index contributed by atoms with van der Waals surface area (Å²) in [6, 6.07) is 17.3. The molecule has 0 aliphatic heterocycles. The Kier molecular flexibility index (Phi) is 6.91. The average Bonchev–Trinajstić information content (AvgIpc) is 3.40. The zero-order chi connectivity index (χ0) is 22.3. The molecule has 0 unspecified atom stereocenters. The zero-order valence-electron chi connectivity index (χ0n) is 18.0. The Morgan fingerprint density at radius 2 is 0.906 bits per heavy atom. The molecule has 0 atom stereocenters. The molecule has 0 nitrogen and oxygen atoms in total. The monoisotopic (exact) mass is 530 g/mol. The van der Waals surface area contributed by atoms with Gasteiger partial charge in [0.2, 0.25) is 0 Å². The molecule has 0 aromatic heterocycles. The van der Waals surface area contributed by atoms with Crippen LogP contribution in [0.1, 0.15) is 13.8 Å². The van der Waals surface area contributed by atoms with Crippen LogP contribution in [0.2, 0.25) is 0 Å². The SMILES string of the molecule is CC(C)([C]1[CH][CH][C]2C=c3ccccc3=C[C]21)[C]1[CH][CH][C]2C=c3ccccc3=C[C]21.[Cl][Zr+2][Cl]. The van der Waals surface area contributed by atoms with E-state index < -0.39 is 20.8 Å². The maximum absolute atomic E-state index is 4.93. The Morgan fingerprint density at radius 1 is 0.562 bits per heavy atom. The Hall–Kier alpha value is -0.617. The average molecular weight is 533 g/mol. The van der Waals surface area contributed by atoms with Crippen LogP contribution in [0.15, 0.2) is 48.5 Å². The van der Waals surface area contributed by atoms with Crippen molar-refractivity contribution in [3.8, 4) is 0 Å². The molecular formula is C29H22Cl2Zr+2. The van der Waals surface area contributed by atoms with Crippen LogP contribution in [-0.2, 0) is 20.8 Å². The van der Waals surface area contributed by atoms with E-state index in [4.69, 9.17) is 17.0 Å². The van der Waals surface area contributed by atoms with E-state index >= 15 is 0 Å². The van der Waals surface area contributed by atoms with Gasteiger partial charge in [0.1, 0.15) is 0 Å². The topological polar surface area (TPSA) is 0 Å². The van der Waals surface area contributed by atoms with Crippen molar-refractivity contribution in [2.24, 2.45) is 5.41 Å². The van der Waals surface area contributed by atoms with Crippen molar-refractivity contribution in [1.29, 1.82) is 0 Å². The van der Waals surface area contributed by atoms with E-state index in [0.29, 0.717) is 0 Å². The third-order valence-corrected chi connectivity index (χ3v) is 6.62. The molecule has 0 spiro atoms. The number of halogens is 2. The molecule has 0 heterocycles. The van der Waals surface area contributed by atoms with Crippen molar-refractivity contribution < 1.29 is 20.8 Å². The van der Waals surface area contributed by atoms with Crippen LogP contribution in [0, 0.1) is 66.6 Å². The van der Waals surface area contributed by atoms with Crippen LogP contribution in [0.3, 0.4) is 0 Å². The zero-order valence-corrected chi connectivity index (χ0v) is 22.0. The summed E-state index contributed by atoms with van der Waals surface area (Å²) in [5, 5.41) is 5.23. The quantitative estimate of drug-likeness (QED) is 0.543. The molecule has 2 aromatic rings. The van der Waals surface area contributed by atoms with Crippen molar-refractivity contribution in [2.75, 3.05) is 0 Å². The molecule has 10 radical (unpaired) electrons. The van der Waals surface area contributed by atoms with Gasteiger partial charge in [-0.15, -0.1) is 0 Å². The van der Waals surface area contributed by atoms with Gasteiger partial charge in [-0.25, -0.2) is 0 Å². The minimum absolute atomic E-state index is 0.0750. The molecule has 0 N–H and O–H groups in total. The van der Waals surface area contributed by atoms with E-state index in [1.165, 1.54) is 56.4 Å². The summed E-state index contributed by atoms with van der Waals surface area (Å²) in [6.07, 6.45) is 18.6. The van der Waals surface area contributed by atoms with E-state index in [2.05, 4.69) is 112 Å². The fraction of sp³-hybridized carbons (Fsp3) is 0.103. The van der Waals surface area contributed by atoms with E-state index in [9.17, 15) is 0 Å². The molecule has 0 saturated heterocycles. The van der Waals surface area contributed by atoms with Crippen LogP contribution in [0.25, 0.3) is 24.3 Å². The minimum atomic E-state index is -0.826. The van der Waals surface area contributed by atoms with Crippen LogP contribution in [0.5, 0.6) is 0 Å². The first-order valence-electron chi connectivity index (χ1n) is 10.7. The predicted molar refractivity (Wildman–Crippen MR) is 131 cm³/mol. The Balaban J connectivity index is 0.000000684. The van der Waals surface area contributed by atoms with Crippen LogP contribution < -0.4 is 20.9 Å². The van der Waals surface area contributed by atoms with E-state index in [1.807, 2.05) is 0 Å². The van der Waals surface area contributed by atoms with Gasteiger partial charge < -0.3 is 0 Å². The first-order chi connectivity index (χ1) is 15.5. The van der Waals surface area contributed by atoms with Gasteiger partial charge in [0.15, 0.2) is 0 Å². The molecule has 0 bridgehead atoms. The van der Waals surface area contributed by atoms with E-state index in [-0.39, 0.29) is 5.41 Å². The van der Waals surface area contributed by atoms with Gasteiger partial charge >= 0.3 is 37.9 Å². The molecule has 2 fully saturated rings. The molecule has 154 valence electrons. The summed E-state index contributed by atoms with van der Waals surface area (Å²) in [7, 11) is 9.87. The normalized spacial score (nSPS) is 21.4. The second-order valence-corrected chi connectivity index (χ2v) is 12.5. The standard InChI is InChI=1S/C29H22.2ClH.Zr/c1-29(2,27-13-11-23-15-19-7-3-5-9-21(19)17-25(23)27)28-14-12-24-16-20-8-4-6-10-22(20)18-26(24)28;;;/h3-18H,1-2H3;2*1H;/q;;;+4/p-2. The second kappa shape index (κ2) is 9.56. The third kappa shape index (κ3) is 4.17. The Labute approximate surface area is 210 Å². The summed E-state index contributed by atoms with van der Waals surface area (Å²) in [5.41, 5.74) is -0.0750. The number of fused-ring (bicyclic) bond motifs is 4. The van der Waals surface area contributed by atoms with Gasteiger partial charge in [-0.05, 0) is 63.8 Å². The number of hydrogen-bond acceptors (Lipinski definition) is 0. The van der Waals surface area contributed by atoms with Crippen molar-refractivity contribution in [3.63, 3.8) is 0 Å². The summed E-state index contributed by atoms with van der Waals surface area (Å²) in [6.45, 7) is 4.72. The first-order valence-corrected chi connectivity index (χ1v) is 17.0.